The lowest BCUT2D eigenvalue weighted by molar-refractivity contribution is -0.117. The number of ketones is 1. The van der Waals surface area contributed by atoms with Crippen LogP contribution in [-0.2, 0) is 4.79 Å². The number of rotatable bonds is 4. The van der Waals surface area contributed by atoms with Gasteiger partial charge >= 0.3 is 0 Å². The first kappa shape index (κ1) is 9.07. The van der Waals surface area contributed by atoms with Gasteiger partial charge in [-0.05, 0) is 17.8 Å². The Morgan fingerprint density at radius 1 is 2.00 bits per heavy atom. The van der Waals surface area contributed by atoms with Gasteiger partial charge in [0.1, 0.15) is 5.78 Å². The van der Waals surface area contributed by atoms with Crippen LogP contribution >= 0.6 is 12.2 Å². The molecule has 0 rings (SSSR count). The number of carbonyl (C=O) groups is 1. The number of carbonyl (C=O) groups excluding carboxylic acids is 1. The smallest absolute Gasteiger partial charge is 0.130 e. The number of hydrogen-bond donors (Lipinski definition) is 0. The van der Waals surface area contributed by atoms with Gasteiger partial charge in [-0.2, -0.15) is 0 Å². The third kappa shape index (κ3) is 4.00. The fourth-order valence-corrected chi connectivity index (χ4v) is 0.628. The molecule has 10 heavy (non-hydrogen) atoms. The van der Waals surface area contributed by atoms with Crippen molar-refractivity contribution in [3.05, 3.63) is 10.4 Å². The van der Waals surface area contributed by atoms with Crippen LogP contribution in [0, 0.1) is 0 Å². The second-order valence-corrected chi connectivity index (χ2v) is 2.09. The molecule has 0 aliphatic carbocycles. The lowest BCUT2D eigenvalue weighted by Crippen LogP contribution is -2.08. The Bertz CT molecular complexity index is 185. The fraction of sp³-hybridized carbons (Fsp3) is 0.600. The summed E-state index contributed by atoms with van der Waals surface area (Å²) < 4.78 is 0. The fourth-order valence-electron chi connectivity index (χ4n) is 0.477. The quantitative estimate of drug-likeness (QED) is 0.269. The number of hydrogen-bond acceptors (Lipinski definition) is 3. The topological polar surface area (TPSA) is 65.8 Å². The van der Waals surface area contributed by atoms with E-state index in [1.54, 1.807) is 0 Å². The first-order chi connectivity index (χ1) is 4.70. The standard InChI is InChI=1S/C5H7N3OS/c1-4(9)2-5(3-10)7-8-6/h3,5H,2H2,1H3. The molecule has 0 N–H and O–H groups in total. The van der Waals surface area contributed by atoms with Gasteiger partial charge in [0.15, 0.2) is 0 Å². The summed E-state index contributed by atoms with van der Waals surface area (Å²) in [6.45, 7) is 1.43. The number of azide groups is 1. The Balaban J connectivity index is 3.95. The molecule has 4 nitrogen and oxygen atoms in total. The van der Waals surface area contributed by atoms with E-state index < -0.39 is 6.04 Å². The van der Waals surface area contributed by atoms with Crippen LogP contribution < -0.4 is 0 Å². The van der Waals surface area contributed by atoms with E-state index >= 15 is 0 Å². The van der Waals surface area contributed by atoms with Crippen LogP contribution in [-0.4, -0.2) is 17.2 Å². The van der Waals surface area contributed by atoms with E-state index in [1.807, 2.05) is 0 Å². The summed E-state index contributed by atoms with van der Waals surface area (Å²) in [6.07, 6.45) is 0.202. The molecule has 0 aromatic carbocycles. The zero-order chi connectivity index (χ0) is 7.98. The Labute approximate surface area is 63.9 Å². The Hall–Kier alpha value is -0.930. The predicted octanol–water partition coefficient (Wildman–Crippen LogP) is 1.64. The molecule has 0 radical (unpaired) electrons. The van der Waals surface area contributed by atoms with Crippen molar-refractivity contribution < 1.29 is 4.79 Å². The van der Waals surface area contributed by atoms with E-state index in [2.05, 4.69) is 22.2 Å². The summed E-state index contributed by atoms with van der Waals surface area (Å²) in [4.78, 5) is 13.0. The van der Waals surface area contributed by atoms with Crippen LogP contribution in [0.15, 0.2) is 5.11 Å². The lowest BCUT2D eigenvalue weighted by Gasteiger charge is -1.97. The van der Waals surface area contributed by atoms with E-state index in [9.17, 15) is 4.79 Å². The lowest BCUT2D eigenvalue weighted by atomic mass is 10.2. The number of thiocarbonyl (C=S) groups is 1. The second-order valence-electron chi connectivity index (χ2n) is 1.81. The van der Waals surface area contributed by atoms with E-state index in [0.717, 1.165) is 0 Å². The van der Waals surface area contributed by atoms with E-state index in [0.29, 0.717) is 0 Å². The molecule has 0 bridgehead atoms. The first-order valence-electron chi connectivity index (χ1n) is 2.69. The van der Waals surface area contributed by atoms with E-state index in [-0.39, 0.29) is 12.2 Å². The first-order valence-corrected chi connectivity index (χ1v) is 3.16. The third-order valence-electron chi connectivity index (χ3n) is 0.854. The van der Waals surface area contributed by atoms with Gasteiger partial charge in [-0.15, -0.1) is 0 Å². The summed E-state index contributed by atoms with van der Waals surface area (Å²) >= 11 is 4.52. The highest BCUT2D eigenvalue weighted by Crippen LogP contribution is 1.96. The van der Waals surface area contributed by atoms with Gasteiger partial charge < -0.3 is 4.79 Å². The van der Waals surface area contributed by atoms with Crippen molar-refractivity contribution >= 4 is 23.4 Å². The van der Waals surface area contributed by atoms with Crippen molar-refractivity contribution in [1.29, 1.82) is 0 Å². The maximum atomic E-state index is 10.4. The van der Waals surface area contributed by atoms with Crippen LogP contribution in [0.25, 0.3) is 10.4 Å². The summed E-state index contributed by atoms with van der Waals surface area (Å²) in [6, 6.07) is -0.461. The highest BCUT2D eigenvalue weighted by molar-refractivity contribution is 7.79. The SMILES string of the molecule is CC(=O)CC(C=S)N=[N+]=[N-]. The summed E-state index contributed by atoms with van der Waals surface area (Å²) in [5.74, 6) is -0.0292. The summed E-state index contributed by atoms with van der Waals surface area (Å²) in [5, 5.41) is 4.58. The molecule has 0 amide bonds. The maximum Gasteiger partial charge on any atom is 0.130 e. The van der Waals surface area contributed by atoms with Gasteiger partial charge in [-0.25, -0.2) is 0 Å². The highest BCUT2D eigenvalue weighted by Gasteiger charge is 2.03. The van der Waals surface area contributed by atoms with Gasteiger partial charge in [0.05, 0.1) is 6.04 Å². The molecule has 5 heteroatoms. The number of nitrogens with zero attached hydrogens (tertiary/aromatic N) is 3. The average Bonchev–Trinajstić information content (AvgIpc) is 1.86. The molecule has 0 aromatic rings. The molecular weight excluding hydrogens is 150 g/mol. The average molecular weight is 157 g/mol. The van der Waals surface area contributed by atoms with Gasteiger partial charge in [0.2, 0.25) is 0 Å². The largest absolute Gasteiger partial charge is 0.300 e. The minimum absolute atomic E-state index is 0.0292. The van der Waals surface area contributed by atoms with Crippen molar-refractivity contribution in [2.45, 2.75) is 19.4 Å². The van der Waals surface area contributed by atoms with Crippen molar-refractivity contribution in [2.75, 3.05) is 0 Å². The maximum absolute atomic E-state index is 10.4. The van der Waals surface area contributed by atoms with Gasteiger partial charge in [0, 0.05) is 11.3 Å². The molecule has 0 aliphatic rings. The van der Waals surface area contributed by atoms with Crippen LogP contribution in [0.5, 0.6) is 0 Å². The van der Waals surface area contributed by atoms with E-state index in [4.69, 9.17) is 5.53 Å². The zero-order valence-corrected chi connectivity index (χ0v) is 6.34. The third-order valence-corrected chi connectivity index (χ3v) is 1.17. The predicted molar refractivity (Wildman–Crippen MR) is 41.9 cm³/mol. The Morgan fingerprint density at radius 3 is 2.90 bits per heavy atom. The molecule has 0 spiro atoms. The Kier molecular flexibility index (Phi) is 4.45. The molecule has 0 aliphatic heterocycles. The summed E-state index contributed by atoms with van der Waals surface area (Å²) in [5.41, 5.74) is 7.96. The van der Waals surface area contributed by atoms with Gasteiger partial charge in [-0.1, -0.05) is 17.3 Å². The van der Waals surface area contributed by atoms with Crippen molar-refractivity contribution in [1.82, 2.24) is 0 Å². The normalized spacial score (nSPS) is 11.3. The van der Waals surface area contributed by atoms with Crippen molar-refractivity contribution in [3.63, 3.8) is 0 Å². The molecule has 0 fully saturated rings. The Morgan fingerprint density at radius 2 is 2.60 bits per heavy atom. The highest BCUT2D eigenvalue weighted by atomic mass is 32.1. The molecule has 0 heterocycles. The molecule has 0 saturated carbocycles. The molecule has 54 valence electrons. The minimum Gasteiger partial charge on any atom is -0.300 e. The minimum atomic E-state index is -0.461. The molecule has 0 saturated heterocycles. The summed E-state index contributed by atoms with van der Waals surface area (Å²) in [7, 11) is 0. The van der Waals surface area contributed by atoms with E-state index in [1.165, 1.54) is 12.3 Å². The monoisotopic (exact) mass is 157 g/mol. The molecular formula is C5H7N3OS. The molecule has 0 aromatic heterocycles. The second kappa shape index (κ2) is 4.90. The van der Waals surface area contributed by atoms with Crippen LogP contribution in [0.1, 0.15) is 13.3 Å². The van der Waals surface area contributed by atoms with Crippen LogP contribution in [0.4, 0.5) is 0 Å². The van der Waals surface area contributed by atoms with Crippen LogP contribution in [0.2, 0.25) is 0 Å². The molecule has 1 atom stereocenters. The van der Waals surface area contributed by atoms with Crippen LogP contribution in [0.3, 0.4) is 0 Å². The zero-order valence-electron chi connectivity index (χ0n) is 5.52. The number of Topliss-reactive ketones (excluding diaryl/α,β-unsaturated/α-hetero) is 1. The van der Waals surface area contributed by atoms with Gasteiger partial charge in [0.25, 0.3) is 0 Å². The van der Waals surface area contributed by atoms with Crippen molar-refractivity contribution in [2.24, 2.45) is 5.11 Å². The van der Waals surface area contributed by atoms with Gasteiger partial charge in [-0.3, -0.25) is 0 Å². The molecule has 1 unspecified atom stereocenters. The van der Waals surface area contributed by atoms with Crippen molar-refractivity contribution in [3.8, 4) is 0 Å².